The molecule has 6 nitrogen and oxygen atoms in total. The van der Waals surface area contributed by atoms with E-state index in [1.54, 1.807) is 29.7 Å². The molecule has 0 saturated carbocycles. The molecule has 3 aromatic heterocycles. The van der Waals surface area contributed by atoms with Gasteiger partial charge < -0.3 is 9.14 Å². The minimum absolute atomic E-state index is 0.180. The second kappa shape index (κ2) is 5.58. The van der Waals surface area contributed by atoms with Gasteiger partial charge in [0.1, 0.15) is 17.1 Å². The number of fused-ring (bicyclic) bond motifs is 1. The van der Waals surface area contributed by atoms with Gasteiger partial charge in [0.15, 0.2) is 11.3 Å². The van der Waals surface area contributed by atoms with E-state index in [0.717, 1.165) is 10.6 Å². The Morgan fingerprint density at radius 1 is 1.50 bits per heavy atom. The third-order valence-electron chi connectivity index (χ3n) is 3.11. The number of aromatic nitrogens is 3. The number of thiophene rings is 1. The molecule has 0 amide bonds. The van der Waals surface area contributed by atoms with Crippen molar-refractivity contribution in [2.45, 2.75) is 20.0 Å². The summed E-state index contributed by atoms with van der Waals surface area (Å²) in [6.45, 7) is 3.61. The average Bonchev–Trinajstić information content (AvgIpc) is 3.11. The predicted molar refractivity (Wildman–Crippen MR) is 80.6 cm³/mol. The third-order valence-corrected chi connectivity index (χ3v) is 4.26. The number of esters is 1. The molecular weight excluding hydrogens is 300 g/mol. The van der Waals surface area contributed by atoms with Crippen molar-refractivity contribution in [3.8, 4) is 6.07 Å². The van der Waals surface area contributed by atoms with Crippen molar-refractivity contribution in [1.82, 2.24) is 14.4 Å². The maximum Gasteiger partial charge on any atom is 0.361 e. The summed E-state index contributed by atoms with van der Waals surface area (Å²) in [6, 6.07) is 5.56. The molecule has 0 aliphatic heterocycles. The summed E-state index contributed by atoms with van der Waals surface area (Å²) in [5, 5.41) is 8.84. The first-order chi connectivity index (χ1) is 10.6. The van der Waals surface area contributed by atoms with E-state index in [1.165, 1.54) is 17.5 Å². The number of nitrogens with zero attached hydrogens (tertiary/aromatic N) is 4. The van der Waals surface area contributed by atoms with Gasteiger partial charge in [-0.25, -0.2) is 14.8 Å². The summed E-state index contributed by atoms with van der Waals surface area (Å²) in [4.78, 5) is 22.1. The number of hydrogen-bond acceptors (Lipinski definition) is 6. The molecule has 0 N–H and O–H groups in total. The van der Waals surface area contributed by atoms with Crippen molar-refractivity contribution in [2.24, 2.45) is 0 Å². The van der Waals surface area contributed by atoms with Crippen molar-refractivity contribution < 1.29 is 9.53 Å². The van der Waals surface area contributed by atoms with Crippen LogP contribution in [0.5, 0.6) is 0 Å². The van der Waals surface area contributed by atoms with Gasteiger partial charge in [-0.1, -0.05) is 0 Å². The van der Waals surface area contributed by atoms with Crippen molar-refractivity contribution in [3.05, 3.63) is 51.9 Å². The van der Waals surface area contributed by atoms with Gasteiger partial charge in [0.25, 0.3) is 0 Å². The summed E-state index contributed by atoms with van der Waals surface area (Å²) >= 11 is 1.31. The highest BCUT2D eigenvalue weighted by atomic mass is 32.1. The molecule has 1 atom stereocenters. The van der Waals surface area contributed by atoms with Gasteiger partial charge >= 0.3 is 5.97 Å². The fraction of sp³-hybridized carbons (Fsp3) is 0.200. The number of imidazole rings is 1. The molecule has 110 valence electrons. The Hall–Kier alpha value is -2.72. The molecule has 22 heavy (non-hydrogen) atoms. The number of hydrogen-bond donors (Lipinski definition) is 0. The summed E-state index contributed by atoms with van der Waals surface area (Å²) in [5.41, 5.74) is 1.45. The zero-order valence-electron chi connectivity index (χ0n) is 12.0. The Morgan fingerprint density at radius 2 is 2.32 bits per heavy atom. The van der Waals surface area contributed by atoms with Crippen molar-refractivity contribution in [1.29, 1.82) is 5.26 Å². The first-order valence-corrected chi connectivity index (χ1v) is 7.41. The van der Waals surface area contributed by atoms with Crippen LogP contribution in [0.25, 0.3) is 5.65 Å². The maximum atomic E-state index is 12.3. The highest BCUT2D eigenvalue weighted by Crippen LogP contribution is 2.26. The zero-order chi connectivity index (χ0) is 15.7. The third kappa shape index (κ3) is 2.56. The fourth-order valence-corrected chi connectivity index (χ4v) is 2.88. The Balaban J connectivity index is 1.85. The van der Waals surface area contributed by atoms with Crippen molar-refractivity contribution >= 4 is 23.0 Å². The molecule has 0 radical (unpaired) electrons. The molecule has 0 bridgehead atoms. The normalized spacial score (nSPS) is 12.0. The second-order valence-electron chi connectivity index (χ2n) is 4.75. The Labute approximate surface area is 130 Å². The number of aryl methyl sites for hydroxylation is 1. The summed E-state index contributed by atoms with van der Waals surface area (Å²) in [5.74, 6) is -0.532. The van der Waals surface area contributed by atoms with Crippen molar-refractivity contribution in [3.63, 3.8) is 0 Å². The monoisotopic (exact) mass is 312 g/mol. The Bertz CT molecular complexity index is 890. The second-order valence-corrected chi connectivity index (χ2v) is 5.87. The van der Waals surface area contributed by atoms with E-state index >= 15 is 0 Å². The number of nitriles is 1. The highest BCUT2D eigenvalue weighted by molar-refractivity contribution is 7.12. The van der Waals surface area contributed by atoms with Crippen LogP contribution in [0.2, 0.25) is 0 Å². The van der Waals surface area contributed by atoms with E-state index in [-0.39, 0.29) is 5.69 Å². The van der Waals surface area contributed by atoms with Crippen LogP contribution in [0.1, 0.15) is 39.0 Å². The van der Waals surface area contributed by atoms with Crippen LogP contribution in [0.15, 0.2) is 30.7 Å². The zero-order valence-corrected chi connectivity index (χ0v) is 12.8. The molecule has 3 rings (SSSR count). The van der Waals surface area contributed by atoms with Crippen molar-refractivity contribution in [2.75, 3.05) is 0 Å². The fourth-order valence-electron chi connectivity index (χ4n) is 2.09. The van der Waals surface area contributed by atoms with Gasteiger partial charge in [-0.05, 0) is 26.0 Å². The highest BCUT2D eigenvalue weighted by Gasteiger charge is 2.20. The van der Waals surface area contributed by atoms with E-state index in [9.17, 15) is 4.79 Å². The Kier molecular flexibility index (Phi) is 3.61. The molecule has 0 aromatic carbocycles. The lowest BCUT2D eigenvalue weighted by molar-refractivity contribution is 0.0339. The van der Waals surface area contributed by atoms with Crippen LogP contribution in [-0.2, 0) is 4.74 Å². The van der Waals surface area contributed by atoms with Gasteiger partial charge in [-0.3, -0.25) is 0 Å². The topological polar surface area (TPSA) is 80.3 Å². The molecule has 0 aliphatic carbocycles. The summed E-state index contributed by atoms with van der Waals surface area (Å²) in [7, 11) is 0. The van der Waals surface area contributed by atoms with E-state index in [4.69, 9.17) is 10.00 Å². The van der Waals surface area contributed by atoms with Crippen LogP contribution in [0, 0.1) is 18.3 Å². The van der Waals surface area contributed by atoms with Crippen LogP contribution < -0.4 is 0 Å². The van der Waals surface area contributed by atoms with Crippen LogP contribution in [0.4, 0.5) is 0 Å². The van der Waals surface area contributed by atoms with Crippen LogP contribution in [-0.4, -0.2) is 20.3 Å². The molecule has 0 aliphatic rings. The summed E-state index contributed by atoms with van der Waals surface area (Å²) in [6.07, 6.45) is 4.63. The molecule has 1 unspecified atom stereocenters. The molecule has 3 aromatic rings. The molecule has 7 heteroatoms. The number of carbonyl (C=O) groups is 1. The van der Waals surface area contributed by atoms with Gasteiger partial charge in [0.05, 0.1) is 5.69 Å². The minimum atomic E-state index is -0.532. The van der Waals surface area contributed by atoms with E-state index < -0.39 is 12.1 Å². The molecule has 0 spiro atoms. The number of rotatable bonds is 3. The van der Waals surface area contributed by atoms with Gasteiger partial charge in [-0.15, -0.1) is 11.3 Å². The van der Waals surface area contributed by atoms with E-state index in [1.807, 2.05) is 13.1 Å². The Morgan fingerprint density at radius 3 is 3.05 bits per heavy atom. The molecular formula is C15H12N4O2S. The first kappa shape index (κ1) is 14.2. The van der Waals surface area contributed by atoms with Gasteiger partial charge in [0.2, 0.25) is 0 Å². The lowest BCUT2D eigenvalue weighted by Gasteiger charge is -2.11. The molecule has 0 fully saturated rings. The molecule has 3 heterocycles. The standard InChI is InChI=1S/C15H12N4O2S/c1-9-8-19-6-5-17-13(14(19)18-9)15(20)21-10(2)12-4-3-11(7-16)22-12/h3-6,8,10H,1-2H3. The molecule has 0 saturated heterocycles. The smallest absolute Gasteiger partial charge is 0.361 e. The maximum absolute atomic E-state index is 12.3. The number of carbonyl (C=O) groups excluding carboxylic acids is 1. The van der Waals surface area contributed by atoms with Gasteiger partial charge in [-0.2, -0.15) is 5.26 Å². The lowest BCUT2D eigenvalue weighted by Crippen LogP contribution is -2.11. The SMILES string of the molecule is Cc1cn2ccnc(C(=O)OC(C)c3ccc(C#N)s3)c2n1. The van der Waals surface area contributed by atoms with Crippen LogP contribution in [0.3, 0.4) is 0 Å². The average molecular weight is 312 g/mol. The largest absolute Gasteiger partial charge is 0.452 e. The van der Waals surface area contributed by atoms with Crippen LogP contribution >= 0.6 is 11.3 Å². The quantitative estimate of drug-likeness (QED) is 0.695. The summed E-state index contributed by atoms with van der Waals surface area (Å²) < 4.78 is 7.18. The minimum Gasteiger partial charge on any atom is -0.452 e. The predicted octanol–water partition coefficient (Wildman–Crippen LogP) is 2.89. The first-order valence-electron chi connectivity index (χ1n) is 6.59. The number of ether oxygens (including phenoxy) is 1. The van der Waals surface area contributed by atoms with E-state index in [2.05, 4.69) is 16.0 Å². The lowest BCUT2D eigenvalue weighted by atomic mass is 10.3. The van der Waals surface area contributed by atoms with Gasteiger partial charge in [0, 0.05) is 23.5 Å². The van der Waals surface area contributed by atoms with E-state index in [0.29, 0.717) is 10.5 Å².